The number of rotatable bonds is 9. The van der Waals surface area contributed by atoms with Crippen LogP contribution in [-0.2, 0) is 6.42 Å². The minimum Gasteiger partial charge on any atom is -0.314 e. The van der Waals surface area contributed by atoms with Crippen molar-refractivity contribution in [2.45, 2.75) is 77.2 Å². The summed E-state index contributed by atoms with van der Waals surface area (Å²) in [7, 11) is 0. The topological polar surface area (TPSA) is 12.0 Å². The lowest BCUT2D eigenvalue weighted by Gasteiger charge is -2.24. The summed E-state index contributed by atoms with van der Waals surface area (Å²) in [6.45, 7) is 3.35. The molecule has 118 valence electrons. The van der Waals surface area contributed by atoms with Crippen LogP contribution in [0.4, 0.5) is 0 Å². The predicted octanol–water partition coefficient (Wildman–Crippen LogP) is 5.35. The van der Waals surface area contributed by atoms with Crippen LogP contribution in [0.3, 0.4) is 0 Å². The molecule has 0 bridgehead atoms. The van der Waals surface area contributed by atoms with Crippen molar-refractivity contribution in [2.75, 3.05) is 6.54 Å². The van der Waals surface area contributed by atoms with Crippen molar-refractivity contribution < 1.29 is 0 Å². The minimum absolute atomic E-state index is 0.737. The van der Waals surface area contributed by atoms with E-state index in [0.29, 0.717) is 0 Å². The van der Waals surface area contributed by atoms with Crippen molar-refractivity contribution in [3.8, 4) is 0 Å². The average Bonchev–Trinajstić information content (AvgIpc) is 2.54. The van der Waals surface area contributed by atoms with Gasteiger partial charge in [0.25, 0.3) is 0 Å². The second-order valence-electron chi connectivity index (χ2n) is 6.71. The molecule has 1 aliphatic rings. The second-order valence-corrected chi connectivity index (χ2v) is 6.71. The van der Waals surface area contributed by atoms with E-state index in [2.05, 4.69) is 42.6 Å². The van der Waals surface area contributed by atoms with Gasteiger partial charge in [-0.3, -0.25) is 0 Å². The highest BCUT2D eigenvalue weighted by atomic mass is 14.9. The number of benzene rings is 1. The molecule has 1 heteroatoms. The maximum atomic E-state index is 3.71. The van der Waals surface area contributed by atoms with E-state index in [-0.39, 0.29) is 0 Å². The van der Waals surface area contributed by atoms with Gasteiger partial charge < -0.3 is 5.32 Å². The van der Waals surface area contributed by atoms with Crippen molar-refractivity contribution >= 4 is 0 Å². The Bertz CT molecular complexity index is 353. The van der Waals surface area contributed by atoms with Gasteiger partial charge in [0.1, 0.15) is 0 Å². The Morgan fingerprint density at radius 1 is 1.05 bits per heavy atom. The summed E-state index contributed by atoms with van der Waals surface area (Å²) in [4.78, 5) is 0. The third-order valence-electron chi connectivity index (χ3n) is 5.00. The smallest absolute Gasteiger partial charge is 0.00671 e. The van der Waals surface area contributed by atoms with Gasteiger partial charge in [-0.2, -0.15) is 0 Å². The molecule has 1 N–H and O–H groups in total. The first-order chi connectivity index (χ1) is 10.4. The quantitative estimate of drug-likeness (QED) is 0.645. The van der Waals surface area contributed by atoms with E-state index in [1.54, 1.807) is 0 Å². The maximum absolute atomic E-state index is 3.71. The average molecular weight is 287 g/mol. The van der Waals surface area contributed by atoms with E-state index >= 15 is 0 Å². The first-order valence-electron chi connectivity index (χ1n) is 9.15. The molecule has 1 atom stereocenters. The van der Waals surface area contributed by atoms with Gasteiger partial charge in [-0.15, -0.1) is 0 Å². The summed E-state index contributed by atoms with van der Waals surface area (Å²) in [6, 6.07) is 11.7. The second kappa shape index (κ2) is 10.00. The Labute approximate surface area is 131 Å². The molecular weight excluding hydrogens is 254 g/mol. The predicted molar refractivity (Wildman–Crippen MR) is 92.7 cm³/mol. The van der Waals surface area contributed by atoms with Gasteiger partial charge >= 0.3 is 0 Å². The van der Waals surface area contributed by atoms with Crippen LogP contribution in [0.5, 0.6) is 0 Å². The highest BCUT2D eigenvalue weighted by molar-refractivity contribution is 5.14. The molecule has 1 aliphatic carbocycles. The zero-order valence-corrected chi connectivity index (χ0v) is 13.8. The third-order valence-corrected chi connectivity index (χ3v) is 5.00. The lowest BCUT2D eigenvalue weighted by molar-refractivity contribution is 0.308. The molecule has 0 aliphatic heterocycles. The molecule has 2 rings (SSSR count). The Morgan fingerprint density at radius 3 is 2.52 bits per heavy atom. The van der Waals surface area contributed by atoms with Crippen LogP contribution < -0.4 is 5.32 Å². The van der Waals surface area contributed by atoms with E-state index in [1.165, 1.54) is 69.8 Å². The van der Waals surface area contributed by atoms with Crippen LogP contribution in [0.25, 0.3) is 0 Å². The van der Waals surface area contributed by atoms with Gasteiger partial charge in [-0.25, -0.2) is 0 Å². The van der Waals surface area contributed by atoms with E-state index in [4.69, 9.17) is 0 Å². The number of hydrogen-bond acceptors (Lipinski definition) is 1. The summed E-state index contributed by atoms with van der Waals surface area (Å²) in [6.07, 6.45) is 14.1. The summed E-state index contributed by atoms with van der Waals surface area (Å²) in [5.41, 5.74) is 1.49. The largest absolute Gasteiger partial charge is 0.314 e. The van der Waals surface area contributed by atoms with E-state index < -0.39 is 0 Å². The molecule has 1 nitrogen and oxygen atoms in total. The highest BCUT2D eigenvalue weighted by Gasteiger charge is 2.15. The summed E-state index contributed by atoms with van der Waals surface area (Å²) >= 11 is 0. The van der Waals surface area contributed by atoms with Crippen LogP contribution in [0.2, 0.25) is 0 Å². The first-order valence-corrected chi connectivity index (χ1v) is 9.15. The fraction of sp³-hybridized carbons (Fsp3) is 0.700. The van der Waals surface area contributed by atoms with Crippen molar-refractivity contribution in [1.29, 1.82) is 0 Å². The molecule has 1 aromatic carbocycles. The SMILES string of the molecule is CCNC(CCCc1ccccc1)CCC1CCCCC1. The first kappa shape index (κ1) is 16.5. The number of aryl methyl sites for hydroxylation is 1. The molecule has 0 aromatic heterocycles. The monoisotopic (exact) mass is 287 g/mol. The number of hydrogen-bond donors (Lipinski definition) is 1. The molecule has 0 heterocycles. The Kier molecular flexibility index (Phi) is 7.88. The number of nitrogens with one attached hydrogen (secondary N) is 1. The molecular formula is C20H33N. The normalized spacial score (nSPS) is 17.8. The van der Waals surface area contributed by atoms with Gasteiger partial charge in [0.05, 0.1) is 0 Å². The molecule has 0 amide bonds. The van der Waals surface area contributed by atoms with Crippen molar-refractivity contribution in [2.24, 2.45) is 5.92 Å². The van der Waals surface area contributed by atoms with E-state index in [1.807, 2.05) is 0 Å². The van der Waals surface area contributed by atoms with Gasteiger partial charge in [0.2, 0.25) is 0 Å². The zero-order valence-electron chi connectivity index (χ0n) is 13.8. The van der Waals surface area contributed by atoms with Gasteiger partial charge in [0, 0.05) is 6.04 Å². The summed E-state index contributed by atoms with van der Waals surface area (Å²) in [5.74, 6) is 1.02. The molecule has 0 saturated heterocycles. The summed E-state index contributed by atoms with van der Waals surface area (Å²) in [5, 5.41) is 3.71. The molecule has 0 spiro atoms. The van der Waals surface area contributed by atoms with Gasteiger partial charge in [0.15, 0.2) is 0 Å². The highest BCUT2D eigenvalue weighted by Crippen LogP contribution is 2.28. The van der Waals surface area contributed by atoms with Crippen LogP contribution in [-0.4, -0.2) is 12.6 Å². The Hall–Kier alpha value is -0.820. The molecule has 0 radical (unpaired) electrons. The van der Waals surface area contributed by atoms with Crippen molar-refractivity contribution in [1.82, 2.24) is 5.32 Å². The fourth-order valence-corrected chi connectivity index (χ4v) is 3.75. The fourth-order valence-electron chi connectivity index (χ4n) is 3.75. The minimum atomic E-state index is 0.737. The third kappa shape index (κ3) is 6.65. The van der Waals surface area contributed by atoms with Crippen molar-refractivity contribution in [3.63, 3.8) is 0 Å². The lowest BCUT2D eigenvalue weighted by Crippen LogP contribution is -2.29. The van der Waals surface area contributed by atoms with Gasteiger partial charge in [-0.1, -0.05) is 69.4 Å². The van der Waals surface area contributed by atoms with Gasteiger partial charge in [-0.05, 0) is 50.1 Å². The van der Waals surface area contributed by atoms with Crippen LogP contribution in [0.1, 0.15) is 70.3 Å². The molecule has 1 aromatic rings. The van der Waals surface area contributed by atoms with E-state index in [0.717, 1.165) is 18.5 Å². The molecule has 1 unspecified atom stereocenters. The van der Waals surface area contributed by atoms with E-state index in [9.17, 15) is 0 Å². The molecule has 1 saturated carbocycles. The summed E-state index contributed by atoms with van der Waals surface area (Å²) < 4.78 is 0. The van der Waals surface area contributed by atoms with Crippen LogP contribution in [0.15, 0.2) is 30.3 Å². The lowest BCUT2D eigenvalue weighted by atomic mass is 9.84. The van der Waals surface area contributed by atoms with Crippen LogP contribution >= 0.6 is 0 Å². The standard InChI is InChI=1S/C20H33N/c1-2-21-20(17-16-19-12-7-4-8-13-19)15-9-14-18-10-5-3-6-11-18/h3,5-6,10-11,19-21H,2,4,7-9,12-17H2,1H3. The van der Waals surface area contributed by atoms with Crippen molar-refractivity contribution in [3.05, 3.63) is 35.9 Å². The Morgan fingerprint density at radius 2 is 1.81 bits per heavy atom. The molecule has 1 fully saturated rings. The maximum Gasteiger partial charge on any atom is 0.00671 e. The van der Waals surface area contributed by atoms with Crippen LogP contribution in [0, 0.1) is 5.92 Å². The molecule has 21 heavy (non-hydrogen) atoms. The zero-order chi connectivity index (χ0) is 14.8. The Balaban J connectivity index is 1.65.